The number of carbonyl (C=O) groups is 2. The normalized spacial score (nSPS) is 24.3. The van der Waals surface area contributed by atoms with Crippen LogP contribution in [0.2, 0.25) is 0 Å². The number of primary amides is 1. The third-order valence-electron chi connectivity index (χ3n) is 5.58. The van der Waals surface area contributed by atoms with Gasteiger partial charge in [-0.05, 0) is 55.4 Å². The van der Waals surface area contributed by atoms with Gasteiger partial charge >= 0.3 is 6.09 Å². The lowest BCUT2D eigenvalue weighted by atomic mass is 9.53. The van der Waals surface area contributed by atoms with Crippen molar-refractivity contribution in [2.45, 2.75) is 37.8 Å². The van der Waals surface area contributed by atoms with Crippen LogP contribution in [-0.2, 0) is 0 Å². The standard InChI is InChI=1S/C20H20N4O6/c21-17(25)16-2-1-7-22-18(16)29-15-10-20(11-15)8-12(9-20)23-19(26)30-14-5-3-13(4-6-14)24(27)28/h1-7,12,15H,8-11H2,(H2,21,25)(H,23,26). The summed E-state index contributed by atoms with van der Waals surface area (Å²) in [5.41, 5.74) is 5.66. The number of carbonyl (C=O) groups excluding carboxylic acids is 2. The molecule has 1 aromatic carbocycles. The second-order valence-corrected chi connectivity index (χ2v) is 7.76. The molecule has 2 amide bonds. The molecule has 0 bridgehead atoms. The molecule has 1 heterocycles. The molecule has 0 aliphatic heterocycles. The number of hydrogen-bond acceptors (Lipinski definition) is 7. The van der Waals surface area contributed by atoms with Gasteiger partial charge in [0.15, 0.2) is 0 Å². The summed E-state index contributed by atoms with van der Waals surface area (Å²) in [6.45, 7) is 0. The average Bonchev–Trinajstić information content (AvgIpc) is 2.65. The van der Waals surface area contributed by atoms with E-state index >= 15 is 0 Å². The number of hydrogen-bond donors (Lipinski definition) is 2. The van der Waals surface area contributed by atoms with Crippen LogP contribution in [0.4, 0.5) is 10.5 Å². The largest absolute Gasteiger partial charge is 0.474 e. The van der Waals surface area contributed by atoms with Gasteiger partial charge in [0.25, 0.3) is 11.6 Å². The monoisotopic (exact) mass is 412 g/mol. The maximum Gasteiger partial charge on any atom is 0.412 e. The fourth-order valence-corrected chi connectivity index (χ4v) is 4.18. The number of pyridine rings is 1. The van der Waals surface area contributed by atoms with Crippen LogP contribution in [0, 0.1) is 15.5 Å². The number of nitrogens with two attached hydrogens (primary N) is 1. The highest BCUT2D eigenvalue weighted by Gasteiger charge is 2.54. The fourth-order valence-electron chi connectivity index (χ4n) is 4.18. The Labute approximate surface area is 171 Å². The van der Waals surface area contributed by atoms with Crippen molar-refractivity contribution in [2.24, 2.45) is 11.1 Å². The first-order chi connectivity index (χ1) is 14.3. The Morgan fingerprint density at radius 2 is 1.87 bits per heavy atom. The summed E-state index contributed by atoms with van der Waals surface area (Å²) in [6, 6.07) is 8.54. The van der Waals surface area contributed by atoms with E-state index in [0.29, 0.717) is 0 Å². The molecule has 1 aromatic heterocycles. The Balaban J connectivity index is 1.21. The molecule has 2 aromatic rings. The number of ether oxygens (including phenoxy) is 2. The van der Waals surface area contributed by atoms with E-state index < -0.39 is 16.9 Å². The minimum atomic E-state index is -0.588. The van der Waals surface area contributed by atoms with Crippen molar-refractivity contribution in [1.82, 2.24) is 10.3 Å². The Bertz CT molecular complexity index is 979. The smallest absolute Gasteiger partial charge is 0.412 e. The molecule has 2 saturated carbocycles. The van der Waals surface area contributed by atoms with Crippen molar-refractivity contribution in [1.29, 1.82) is 0 Å². The first-order valence-corrected chi connectivity index (χ1v) is 9.48. The molecule has 0 radical (unpaired) electrons. The Hall–Kier alpha value is -3.69. The summed E-state index contributed by atoms with van der Waals surface area (Å²) in [5, 5.41) is 13.5. The van der Waals surface area contributed by atoms with Crippen molar-refractivity contribution in [3.05, 3.63) is 58.3 Å². The lowest BCUT2D eigenvalue weighted by molar-refractivity contribution is -0.384. The lowest BCUT2D eigenvalue weighted by Gasteiger charge is -2.56. The summed E-state index contributed by atoms with van der Waals surface area (Å²) in [4.78, 5) is 37.7. The van der Waals surface area contributed by atoms with Crippen LogP contribution in [0.5, 0.6) is 11.6 Å². The highest BCUT2D eigenvalue weighted by Crippen LogP contribution is 2.56. The number of non-ortho nitro benzene ring substituents is 1. The van der Waals surface area contributed by atoms with Crippen LogP contribution in [0.15, 0.2) is 42.6 Å². The molecule has 10 nitrogen and oxygen atoms in total. The van der Waals surface area contributed by atoms with E-state index in [1.54, 1.807) is 18.3 Å². The molecule has 2 aliphatic carbocycles. The maximum atomic E-state index is 12.0. The quantitative estimate of drug-likeness (QED) is 0.547. The number of nitrogens with zero attached hydrogens (tertiary/aromatic N) is 2. The van der Waals surface area contributed by atoms with E-state index in [2.05, 4.69) is 10.3 Å². The van der Waals surface area contributed by atoms with Crippen molar-refractivity contribution in [3.8, 4) is 11.6 Å². The van der Waals surface area contributed by atoms with E-state index in [4.69, 9.17) is 15.2 Å². The number of nitrogens with one attached hydrogen (secondary N) is 1. The molecule has 156 valence electrons. The number of amides is 2. The molecular weight excluding hydrogens is 392 g/mol. The lowest BCUT2D eigenvalue weighted by Crippen LogP contribution is -2.59. The number of nitro groups is 1. The number of benzene rings is 1. The summed E-state index contributed by atoms with van der Waals surface area (Å²) >= 11 is 0. The van der Waals surface area contributed by atoms with Crippen molar-refractivity contribution in [3.63, 3.8) is 0 Å². The van der Waals surface area contributed by atoms with E-state index in [0.717, 1.165) is 25.7 Å². The number of rotatable bonds is 6. The molecule has 0 saturated heterocycles. The van der Waals surface area contributed by atoms with Crippen LogP contribution in [0.1, 0.15) is 36.0 Å². The third-order valence-corrected chi connectivity index (χ3v) is 5.58. The highest BCUT2D eigenvalue weighted by molar-refractivity contribution is 5.94. The highest BCUT2D eigenvalue weighted by atomic mass is 16.6. The van der Waals surface area contributed by atoms with Crippen molar-refractivity contribution in [2.75, 3.05) is 0 Å². The number of nitro benzene ring substituents is 1. The molecular formula is C20H20N4O6. The zero-order valence-electron chi connectivity index (χ0n) is 15.9. The predicted molar refractivity (Wildman–Crippen MR) is 104 cm³/mol. The zero-order valence-corrected chi connectivity index (χ0v) is 15.9. The summed E-state index contributed by atoms with van der Waals surface area (Å²) in [5.74, 6) is -0.0815. The van der Waals surface area contributed by atoms with Crippen LogP contribution in [0.3, 0.4) is 0 Å². The van der Waals surface area contributed by atoms with Gasteiger partial charge in [0.2, 0.25) is 5.88 Å². The molecule has 0 atom stereocenters. The average molecular weight is 412 g/mol. The molecule has 3 N–H and O–H groups in total. The first kappa shape index (κ1) is 19.6. The van der Waals surface area contributed by atoms with Gasteiger partial charge in [-0.3, -0.25) is 14.9 Å². The summed E-state index contributed by atoms with van der Waals surface area (Å²) in [6.07, 6.45) is 4.19. The molecule has 0 unspecified atom stereocenters. The van der Waals surface area contributed by atoms with E-state index in [1.165, 1.54) is 24.3 Å². The Morgan fingerprint density at radius 1 is 1.17 bits per heavy atom. The molecule has 30 heavy (non-hydrogen) atoms. The third kappa shape index (κ3) is 4.02. The summed E-state index contributed by atoms with van der Waals surface area (Å²) in [7, 11) is 0. The van der Waals surface area contributed by atoms with Crippen molar-refractivity contribution < 1.29 is 24.0 Å². The SMILES string of the molecule is NC(=O)c1cccnc1OC1CC2(CC(NC(=O)Oc3ccc([N+](=O)[O-])cc3)C2)C1. The summed E-state index contributed by atoms with van der Waals surface area (Å²) < 4.78 is 11.0. The Kier molecular flexibility index (Phi) is 4.98. The maximum absolute atomic E-state index is 12.0. The van der Waals surface area contributed by atoms with Crippen LogP contribution >= 0.6 is 0 Å². The number of aromatic nitrogens is 1. The minimum Gasteiger partial charge on any atom is -0.474 e. The molecule has 1 spiro atoms. The first-order valence-electron chi connectivity index (χ1n) is 9.48. The van der Waals surface area contributed by atoms with Crippen LogP contribution in [-0.4, -0.2) is 34.1 Å². The topological polar surface area (TPSA) is 147 Å². The van der Waals surface area contributed by atoms with E-state index in [-0.39, 0.29) is 40.4 Å². The van der Waals surface area contributed by atoms with Gasteiger partial charge in [0.05, 0.1) is 4.92 Å². The van der Waals surface area contributed by atoms with Gasteiger partial charge in [-0.25, -0.2) is 9.78 Å². The van der Waals surface area contributed by atoms with Gasteiger partial charge in [-0.1, -0.05) is 0 Å². The minimum absolute atomic E-state index is 0.00697. The fraction of sp³-hybridized carbons (Fsp3) is 0.350. The van der Waals surface area contributed by atoms with Gasteiger partial charge in [0, 0.05) is 24.4 Å². The second kappa shape index (κ2) is 7.62. The molecule has 2 fully saturated rings. The van der Waals surface area contributed by atoms with Gasteiger partial charge in [0.1, 0.15) is 17.4 Å². The Morgan fingerprint density at radius 3 is 2.50 bits per heavy atom. The van der Waals surface area contributed by atoms with Crippen LogP contribution in [0.25, 0.3) is 0 Å². The zero-order chi connectivity index (χ0) is 21.3. The van der Waals surface area contributed by atoms with Crippen LogP contribution < -0.4 is 20.5 Å². The van der Waals surface area contributed by atoms with Crippen molar-refractivity contribution >= 4 is 17.7 Å². The molecule has 2 aliphatic rings. The predicted octanol–water partition coefficient (Wildman–Crippen LogP) is 2.57. The second-order valence-electron chi connectivity index (χ2n) is 7.76. The van der Waals surface area contributed by atoms with E-state index in [9.17, 15) is 19.7 Å². The van der Waals surface area contributed by atoms with Gasteiger partial charge in [-0.15, -0.1) is 0 Å². The van der Waals surface area contributed by atoms with E-state index in [1.807, 2.05) is 0 Å². The molecule has 10 heteroatoms. The van der Waals surface area contributed by atoms with Gasteiger partial charge < -0.3 is 20.5 Å². The van der Waals surface area contributed by atoms with Gasteiger partial charge in [-0.2, -0.15) is 0 Å². The molecule has 4 rings (SSSR count).